The second kappa shape index (κ2) is 9.22. The summed E-state index contributed by atoms with van der Waals surface area (Å²) in [5.74, 6) is 2.04. The molecule has 0 saturated heterocycles. The zero-order valence-electron chi connectivity index (χ0n) is 17.1. The second-order valence-corrected chi connectivity index (χ2v) is 6.89. The van der Waals surface area contributed by atoms with Gasteiger partial charge in [0.15, 0.2) is 28.8 Å². The molecule has 0 saturated carbocycles. The largest absolute Gasteiger partial charge is 0.493 e. The van der Waals surface area contributed by atoms with Gasteiger partial charge >= 0.3 is 0 Å². The van der Waals surface area contributed by atoms with Crippen molar-refractivity contribution in [3.8, 4) is 23.0 Å². The van der Waals surface area contributed by atoms with Crippen LogP contribution in [0, 0.1) is 10.1 Å². The number of carbonyl (C=O) groups excluding carboxylic acids is 1. The van der Waals surface area contributed by atoms with Crippen LogP contribution in [0.4, 0.5) is 5.69 Å². The van der Waals surface area contributed by atoms with Gasteiger partial charge in [-0.2, -0.15) is 0 Å². The van der Waals surface area contributed by atoms with Gasteiger partial charge in [-0.1, -0.05) is 12.1 Å². The normalized spacial score (nSPS) is 12.0. The SMILES string of the molecule is COc1cc(/C=C/C(=O)c2ccc3c(c2)OCO3)ccc1OCc1ccc([N+](=O)[O-])cc1. The van der Waals surface area contributed by atoms with Gasteiger partial charge in [0, 0.05) is 17.7 Å². The molecule has 4 rings (SSSR count). The number of rotatable bonds is 8. The number of benzene rings is 3. The van der Waals surface area contributed by atoms with E-state index in [4.69, 9.17) is 18.9 Å². The van der Waals surface area contributed by atoms with Gasteiger partial charge in [0.1, 0.15) is 6.61 Å². The summed E-state index contributed by atoms with van der Waals surface area (Å²) in [7, 11) is 1.53. The van der Waals surface area contributed by atoms with E-state index in [1.807, 2.05) is 0 Å². The molecule has 0 spiro atoms. The van der Waals surface area contributed by atoms with Crippen LogP contribution >= 0.6 is 0 Å². The Morgan fingerprint density at radius 3 is 2.56 bits per heavy atom. The van der Waals surface area contributed by atoms with Gasteiger partial charge in [0.25, 0.3) is 5.69 Å². The molecule has 3 aromatic carbocycles. The van der Waals surface area contributed by atoms with Gasteiger partial charge in [-0.3, -0.25) is 14.9 Å². The monoisotopic (exact) mass is 433 g/mol. The zero-order chi connectivity index (χ0) is 22.5. The molecule has 0 N–H and O–H groups in total. The lowest BCUT2D eigenvalue weighted by Gasteiger charge is -2.11. The molecular weight excluding hydrogens is 414 g/mol. The molecular formula is C24H19NO7. The predicted octanol–water partition coefficient (Wildman–Crippen LogP) is 4.81. The van der Waals surface area contributed by atoms with Crippen LogP contribution in [-0.2, 0) is 6.61 Å². The first-order chi connectivity index (χ1) is 15.5. The Morgan fingerprint density at radius 1 is 1.03 bits per heavy atom. The van der Waals surface area contributed by atoms with Crippen LogP contribution in [0.3, 0.4) is 0 Å². The van der Waals surface area contributed by atoms with Gasteiger partial charge in [0.2, 0.25) is 6.79 Å². The van der Waals surface area contributed by atoms with E-state index >= 15 is 0 Å². The van der Waals surface area contributed by atoms with Crippen LogP contribution in [0.15, 0.2) is 66.7 Å². The molecule has 0 radical (unpaired) electrons. The molecule has 1 aliphatic heterocycles. The van der Waals surface area contributed by atoms with E-state index < -0.39 is 4.92 Å². The zero-order valence-corrected chi connectivity index (χ0v) is 17.1. The van der Waals surface area contributed by atoms with E-state index in [2.05, 4.69) is 0 Å². The van der Waals surface area contributed by atoms with Crippen molar-refractivity contribution in [3.63, 3.8) is 0 Å². The minimum atomic E-state index is -0.447. The Bertz CT molecular complexity index is 1190. The number of nitro benzene ring substituents is 1. The Kier molecular flexibility index (Phi) is 6.03. The predicted molar refractivity (Wildman–Crippen MR) is 116 cm³/mol. The summed E-state index contributed by atoms with van der Waals surface area (Å²) in [6.45, 7) is 0.382. The van der Waals surface area contributed by atoms with Crippen LogP contribution in [0.1, 0.15) is 21.5 Å². The van der Waals surface area contributed by atoms with Crippen molar-refractivity contribution in [1.29, 1.82) is 0 Å². The number of hydrogen-bond acceptors (Lipinski definition) is 7. The van der Waals surface area contributed by atoms with Crippen molar-refractivity contribution in [2.75, 3.05) is 13.9 Å². The quantitative estimate of drug-likeness (QED) is 0.218. The van der Waals surface area contributed by atoms with Crippen molar-refractivity contribution in [2.45, 2.75) is 6.61 Å². The van der Waals surface area contributed by atoms with Crippen LogP contribution in [0.2, 0.25) is 0 Å². The van der Waals surface area contributed by atoms with Gasteiger partial charge in [-0.25, -0.2) is 0 Å². The number of nitro groups is 1. The summed E-state index contributed by atoms with van der Waals surface area (Å²) in [6, 6.07) is 16.5. The lowest BCUT2D eigenvalue weighted by molar-refractivity contribution is -0.384. The topological polar surface area (TPSA) is 97.1 Å². The van der Waals surface area contributed by atoms with Gasteiger partial charge in [-0.15, -0.1) is 0 Å². The molecule has 1 heterocycles. The lowest BCUT2D eigenvalue weighted by atomic mass is 10.1. The Labute approximate surface area is 183 Å². The smallest absolute Gasteiger partial charge is 0.269 e. The molecule has 0 atom stereocenters. The molecule has 0 aromatic heterocycles. The summed E-state index contributed by atoms with van der Waals surface area (Å²) in [5, 5.41) is 10.7. The van der Waals surface area contributed by atoms with E-state index in [0.29, 0.717) is 28.6 Å². The molecule has 0 bridgehead atoms. The van der Waals surface area contributed by atoms with Crippen LogP contribution < -0.4 is 18.9 Å². The average molecular weight is 433 g/mol. The number of methoxy groups -OCH3 is 1. The van der Waals surface area contributed by atoms with Crippen LogP contribution in [-0.4, -0.2) is 24.6 Å². The first kappa shape index (κ1) is 20.9. The van der Waals surface area contributed by atoms with E-state index in [0.717, 1.165) is 11.1 Å². The summed E-state index contributed by atoms with van der Waals surface area (Å²) in [5.41, 5.74) is 2.08. The van der Waals surface area contributed by atoms with Gasteiger partial charge in [0.05, 0.1) is 12.0 Å². The number of carbonyl (C=O) groups is 1. The first-order valence-corrected chi connectivity index (χ1v) is 9.70. The average Bonchev–Trinajstić information content (AvgIpc) is 3.29. The highest BCUT2D eigenvalue weighted by atomic mass is 16.7. The third kappa shape index (κ3) is 4.70. The second-order valence-electron chi connectivity index (χ2n) is 6.89. The molecule has 0 amide bonds. The lowest BCUT2D eigenvalue weighted by Crippen LogP contribution is -1.98. The Balaban J connectivity index is 1.42. The number of fused-ring (bicyclic) bond motifs is 1. The van der Waals surface area contributed by atoms with Crippen molar-refractivity contribution >= 4 is 17.5 Å². The van der Waals surface area contributed by atoms with Crippen LogP contribution in [0.25, 0.3) is 6.08 Å². The Hall–Kier alpha value is -4.33. The van der Waals surface area contributed by atoms with E-state index in [9.17, 15) is 14.9 Å². The summed E-state index contributed by atoms with van der Waals surface area (Å²) >= 11 is 0. The van der Waals surface area contributed by atoms with E-state index in [-0.39, 0.29) is 24.9 Å². The number of nitrogens with zero attached hydrogens (tertiary/aromatic N) is 1. The fraction of sp³-hybridized carbons (Fsp3) is 0.125. The van der Waals surface area contributed by atoms with Crippen molar-refractivity contribution in [3.05, 3.63) is 93.5 Å². The first-order valence-electron chi connectivity index (χ1n) is 9.70. The molecule has 1 aliphatic rings. The number of non-ortho nitro benzene ring substituents is 1. The molecule has 162 valence electrons. The molecule has 8 nitrogen and oxygen atoms in total. The number of ether oxygens (including phenoxy) is 4. The number of allylic oxidation sites excluding steroid dienone is 1. The van der Waals surface area contributed by atoms with E-state index in [1.165, 1.54) is 25.3 Å². The fourth-order valence-electron chi connectivity index (χ4n) is 3.10. The van der Waals surface area contributed by atoms with Crippen molar-refractivity contribution < 1.29 is 28.7 Å². The standard InChI is InChI=1S/C24H19NO7/c1-29-23-12-16(4-9-20(26)18-6-11-22-24(13-18)32-15-31-22)5-10-21(23)30-14-17-2-7-19(8-3-17)25(27)28/h2-13H,14-15H2,1H3/b9-4+. The molecule has 8 heteroatoms. The van der Waals surface area contributed by atoms with Crippen LogP contribution in [0.5, 0.6) is 23.0 Å². The number of ketones is 1. The molecule has 0 fully saturated rings. The highest BCUT2D eigenvalue weighted by molar-refractivity contribution is 6.07. The molecule has 0 unspecified atom stereocenters. The third-order valence-electron chi connectivity index (χ3n) is 4.81. The summed E-state index contributed by atoms with van der Waals surface area (Å²) < 4.78 is 21.8. The maximum absolute atomic E-state index is 12.5. The number of hydrogen-bond donors (Lipinski definition) is 0. The molecule has 3 aromatic rings. The summed E-state index contributed by atoms with van der Waals surface area (Å²) in [6.07, 6.45) is 3.17. The minimum absolute atomic E-state index is 0.0257. The summed E-state index contributed by atoms with van der Waals surface area (Å²) in [4.78, 5) is 22.8. The Morgan fingerprint density at radius 2 is 1.81 bits per heavy atom. The van der Waals surface area contributed by atoms with Crippen molar-refractivity contribution in [2.24, 2.45) is 0 Å². The maximum Gasteiger partial charge on any atom is 0.269 e. The van der Waals surface area contributed by atoms with Gasteiger partial charge in [-0.05, 0) is 59.7 Å². The third-order valence-corrected chi connectivity index (χ3v) is 4.81. The minimum Gasteiger partial charge on any atom is -0.493 e. The highest BCUT2D eigenvalue weighted by Gasteiger charge is 2.15. The molecule has 0 aliphatic carbocycles. The highest BCUT2D eigenvalue weighted by Crippen LogP contribution is 2.33. The van der Waals surface area contributed by atoms with E-state index in [1.54, 1.807) is 54.6 Å². The van der Waals surface area contributed by atoms with Crippen molar-refractivity contribution in [1.82, 2.24) is 0 Å². The fourth-order valence-corrected chi connectivity index (χ4v) is 3.10. The molecule has 32 heavy (non-hydrogen) atoms. The maximum atomic E-state index is 12.5. The van der Waals surface area contributed by atoms with Gasteiger partial charge < -0.3 is 18.9 Å².